The summed E-state index contributed by atoms with van der Waals surface area (Å²) in [6.07, 6.45) is 2.30. The van der Waals surface area contributed by atoms with Gasteiger partial charge in [-0.1, -0.05) is 36.0 Å². The molecule has 0 saturated heterocycles. The molecule has 124 valence electrons. The lowest BCUT2D eigenvalue weighted by atomic mass is 9.98. The molecule has 8 heteroatoms. The molecule has 1 aromatic rings. The number of carbonyl (C=O) groups excluding carboxylic acids is 2. The first kappa shape index (κ1) is 17.6. The van der Waals surface area contributed by atoms with E-state index < -0.39 is 23.3 Å². The van der Waals surface area contributed by atoms with E-state index >= 15 is 0 Å². The summed E-state index contributed by atoms with van der Waals surface area (Å²) in [5, 5.41) is 14.8. The maximum atomic E-state index is 12.0. The normalized spacial score (nSPS) is 15.9. The lowest BCUT2D eigenvalue weighted by molar-refractivity contribution is -0.147. The number of carboxylic acid groups (broad SMARTS) is 1. The third-order valence-electron chi connectivity index (χ3n) is 3.84. The number of halogens is 2. The number of carbonyl (C=O) groups is 3. The standard InChI is InChI=1S/C15H16Cl2N2O4/c16-10-4-3-9(7-11(10)17)13(21)18-8-12(20)19-15(14(22)23)5-1-2-6-15/h3-4,7H,1-2,5-6,8H2,(H,18,21)(H,19,20)(H,22,23). The quantitative estimate of drug-likeness (QED) is 0.751. The van der Waals surface area contributed by atoms with Gasteiger partial charge in [0.25, 0.3) is 5.91 Å². The van der Waals surface area contributed by atoms with E-state index in [2.05, 4.69) is 10.6 Å². The second-order valence-electron chi connectivity index (χ2n) is 5.45. The van der Waals surface area contributed by atoms with Crippen LogP contribution in [0.5, 0.6) is 0 Å². The Kier molecular flexibility index (Phi) is 5.49. The van der Waals surface area contributed by atoms with Crippen molar-refractivity contribution >= 4 is 41.0 Å². The van der Waals surface area contributed by atoms with Crippen molar-refractivity contribution in [1.82, 2.24) is 10.6 Å². The third-order valence-corrected chi connectivity index (χ3v) is 4.58. The van der Waals surface area contributed by atoms with Gasteiger partial charge in [-0.2, -0.15) is 0 Å². The van der Waals surface area contributed by atoms with Gasteiger partial charge in [-0.25, -0.2) is 4.79 Å². The van der Waals surface area contributed by atoms with E-state index in [9.17, 15) is 19.5 Å². The number of rotatable bonds is 5. The lowest BCUT2D eigenvalue weighted by Crippen LogP contribution is -2.54. The Morgan fingerprint density at radius 3 is 2.35 bits per heavy atom. The summed E-state index contributed by atoms with van der Waals surface area (Å²) in [7, 11) is 0. The SMILES string of the molecule is O=C(CNC(=O)c1ccc(Cl)c(Cl)c1)NC1(C(=O)O)CCCC1. The molecule has 0 atom stereocenters. The summed E-state index contributed by atoms with van der Waals surface area (Å²) in [5.74, 6) is -2.07. The smallest absolute Gasteiger partial charge is 0.329 e. The van der Waals surface area contributed by atoms with Crippen LogP contribution in [-0.4, -0.2) is 35.0 Å². The van der Waals surface area contributed by atoms with Crippen molar-refractivity contribution in [3.8, 4) is 0 Å². The Bertz CT molecular complexity index is 642. The molecule has 1 saturated carbocycles. The number of benzene rings is 1. The van der Waals surface area contributed by atoms with Crippen LogP contribution in [0.4, 0.5) is 0 Å². The number of aliphatic carboxylic acids is 1. The van der Waals surface area contributed by atoms with Crippen molar-refractivity contribution in [2.75, 3.05) is 6.54 Å². The summed E-state index contributed by atoms with van der Waals surface area (Å²) >= 11 is 11.6. The van der Waals surface area contributed by atoms with Gasteiger partial charge in [0.1, 0.15) is 5.54 Å². The Morgan fingerprint density at radius 1 is 1.13 bits per heavy atom. The molecule has 23 heavy (non-hydrogen) atoms. The molecular formula is C15H16Cl2N2O4. The van der Waals surface area contributed by atoms with Crippen molar-refractivity contribution in [3.05, 3.63) is 33.8 Å². The Balaban J connectivity index is 1.92. The zero-order valence-electron chi connectivity index (χ0n) is 12.2. The highest BCUT2D eigenvalue weighted by molar-refractivity contribution is 6.42. The van der Waals surface area contributed by atoms with Crippen LogP contribution in [-0.2, 0) is 9.59 Å². The first-order valence-corrected chi connectivity index (χ1v) is 7.87. The number of hydrogen-bond donors (Lipinski definition) is 3. The van der Waals surface area contributed by atoms with Gasteiger partial charge in [-0.15, -0.1) is 0 Å². The topological polar surface area (TPSA) is 95.5 Å². The van der Waals surface area contributed by atoms with Crippen LogP contribution in [0.1, 0.15) is 36.0 Å². The molecule has 0 aromatic heterocycles. The molecule has 2 amide bonds. The van der Waals surface area contributed by atoms with Gasteiger partial charge in [-0.05, 0) is 31.0 Å². The zero-order valence-corrected chi connectivity index (χ0v) is 13.7. The first-order chi connectivity index (χ1) is 10.8. The van der Waals surface area contributed by atoms with Crippen LogP contribution >= 0.6 is 23.2 Å². The molecule has 0 unspecified atom stereocenters. The van der Waals surface area contributed by atoms with Crippen LogP contribution in [0.3, 0.4) is 0 Å². The van der Waals surface area contributed by atoms with Gasteiger partial charge in [0, 0.05) is 5.56 Å². The monoisotopic (exact) mass is 358 g/mol. The third kappa shape index (κ3) is 4.14. The van der Waals surface area contributed by atoms with Crippen LogP contribution in [0.15, 0.2) is 18.2 Å². The van der Waals surface area contributed by atoms with Crippen molar-refractivity contribution in [2.24, 2.45) is 0 Å². The van der Waals surface area contributed by atoms with Crippen molar-refractivity contribution in [3.63, 3.8) is 0 Å². The average Bonchev–Trinajstić information content (AvgIpc) is 2.97. The summed E-state index contributed by atoms with van der Waals surface area (Å²) < 4.78 is 0. The van der Waals surface area contributed by atoms with Gasteiger partial charge >= 0.3 is 5.97 Å². The fourth-order valence-electron chi connectivity index (χ4n) is 2.58. The lowest BCUT2D eigenvalue weighted by Gasteiger charge is -2.25. The van der Waals surface area contributed by atoms with Gasteiger partial charge in [0.15, 0.2) is 0 Å². The van der Waals surface area contributed by atoms with E-state index in [-0.39, 0.29) is 17.1 Å². The van der Waals surface area contributed by atoms with Crippen molar-refractivity contribution in [2.45, 2.75) is 31.2 Å². The molecule has 3 N–H and O–H groups in total. The van der Waals surface area contributed by atoms with E-state index in [0.29, 0.717) is 17.9 Å². The maximum Gasteiger partial charge on any atom is 0.329 e. The fourth-order valence-corrected chi connectivity index (χ4v) is 2.88. The summed E-state index contributed by atoms with van der Waals surface area (Å²) in [6, 6.07) is 4.36. The van der Waals surface area contributed by atoms with E-state index in [4.69, 9.17) is 23.2 Å². The van der Waals surface area contributed by atoms with Gasteiger partial charge in [0.2, 0.25) is 5.91 Å². The second kappa shape index (κ2) is 7.19. The molecule has 0 heterocycles. The molecule has 1 fully saturated rings. The molecule has 6 nitrogen and oxygen atoms in total. The molecule has 0 aliphatic heterocycles. The molecule has 0 spiro atoms. The van der Waals surface area contributed by atoms with Crippen LogP contribution < -0.4 is 10.6 Å². The number of nitrogens with one attached hydrogen (secondary N) is 2. The molecule has 2 rings (SSSR count). The van der Waals surface area contributed by atoms with Gasteiger partial charge in [-0.3, -0.25) is 9.59 Å². The summed E-state index contributed by atoms with van der Waals surface area (Å²) in [4.78, 5) is 35.2. The molecular weight excluding hydrogens is 343 g/mol. The molecule has 0 bridgehead atoms. The van der Waals surface area contributed by atoms with E-state index in [0.717, 1.165) is 12.8 Å². The van der Waals surface area contributed by atoms with E-state index in [1.165, 1.54) is 18.2 Å². The van der Waals surface area contributed by atoms with E-state index in [1.807, 2.05) is 0 Å². The molecule has 1 aliphatic rings. The van der Waals surface area contributed by atoms with Crippen LogP contribution in [0.25, 0.3) is 0 Å². The van der Waals surface area contributed by atoms with Crippen molar-refractivity contribution < 1.29 is 19.5 Å². The Labute approximate surface area is 143 Å². The minimum absolute atomic E-state index is 0.236. The predicted octanol–water partition coefficient (Wildman–Crippen LogP) is 2.24. The highest BCUT2D eigenvalue weighted by atomic mass is 35.5. The predicted molar refractivity (Wildman–Crippen MR) is 85.8 cm³/mol. The number of amides is 2. The highest BCUT2D eigenvalue weighted by Gasteiger charge is 2.42. The second-order valence-corrected chi connectivity index (χ2v) is 6.27. The Hall–Kier alpha value is -1.79. The van der Waals surface area contributed by atoms with Gasteiger partial charge in [0.05, 0.1) is 16.6 Å². The summed E-state index contributed by atoms with van der Waals surface area (Å²) in [5.41, 5.74) is -0.952. The van der Waals surface area contributed by atoms with Gasteiger partial charge < -0.3 is 15.7 Å². The van der Waals surface area contributed by atoms with Crippen LogP contribution in [0.2, 0.25) is 10.0 Å². The number of carboxylic acids is 1. The molecule has 0 radical (unpaired) electrons. The summed E-state index contributed by atoms with van der Waals surface area (Å²) in [6.45, 7) is -0.311. The zero-order chi connectivity index (χ0) is 17.0. The fraction of sp³-hybridized carbons (Fsp3) is 0.400. The largest absolute Gasteiger partial charge is 0.480 e. The molecule has 1 aromatic carbocycles. The first-order valence-electron chi connectivity index (χ1n) is 7.12. The number of hydrogen-bond acceptors (Lipinski definition) is 3. The van der Waals surface area contributed by atoms with Crippen LogP contribution in [0, 0.1) is 0 Å². The van der Waals surface area contributed by atoms with E-state index in [1.54, 1.807) is 0 Å². The van der Waals surface area contributed by atoms with Crippen molar-refractivity contribution in [1.29, 1.82) is 0 Å². The molecule has 1 aliphatic carbocycles. The minimum Gasteiger partial charge on any atom is -0.480 e. The average molecular weight is 359 g/mol. The minimum atomic E-state index is -1.22. The highest BCUT2D eigenvalue weighted by Crippen LogP contribution is 2.29. The Morgan fingerprint density at radius 2 is 1.78 bits per heavy atom. The maximum absolute atomic E-state index is 12.0.